The molecule has 7 heteroatoms. The molecular weight excluding hydrogens is 208 g/mol. The number of aromatic nitrogens is 4. The normalized spacial score (nSPS) is 25.8. The summed E-state index contributed by atoms with van der Waals surface area (Å²) >= 11 is 0. The maximum Gasteiger partial charge on any atom is 0.244 e. The zero-order valence-electron chi connectivity index (χ0n) is 9.50. The van der Waals surface area contributed by atoms with Gasteiger partial charge in [0.25, 0.3) is 0 Å². The fourth-order valence-electron chi connectivity index (χ4n) is 1.89. The summed E-state index contributed by atoms with van der Waals surface area (Å²) in [5.74, 6) is 0.0631. The van der Waals surface area contributed by atoms with Crippen molar-refractivity contribution in [1.29, 1.82) is 0 Å². The van der Waals surface area contributed by atoms with Gasteiger partial charge in [0, 0.05) is 25.2 Å². The van der Waals surface area contributed by atoms with Gasteiger partial charge in [0.2, 0.25) is 5.91 Å². The third-order valence-electron chi connectivity index (χ3n) is 3.04. The number of hydrogen-bond donors (Lipinski definition) is 1. The highest BCUT2D eigenvalue weighted by Gasteiger charge is 2.27. The molecule has 7 nitrogen and oxygen atoms in total. The van der Waals surface area contributed by atoms with E-state index in [0.717, 1.165) is 13.1 Å². The molecule has 1 N–H and O–H groups in total. The lowest BCUT2D eigenvalue weighted by Crippen LogP contribution is -2.57. The summed E-state index contributed by atoms with van der Waals surface area (Å²) in [5.41, 5.74) is 0. The van der Waals surface area contributed by atoms with Crippen molar-refractivity contribution in [1.82, 2.24) is 30.4 Å². The molecule has 16 heavy (non-hydrogen) atoms. The SMILES string of the molecule is CC1NCCN(C(=O)Cn2cnnn2)C1C. The Kier molecular flexibility index (Phi) is 3.14. The van der Waals surface area contributed by atoms with E-state index in [0.29, 0.717) is 6.04 Å². The van der Waals surface area contributed by atoms with Crippen molar-refractivity contribution in [2.24, 2.45) is 0 Å². The smallest absolute Gasteiger partial charge is 0.244 e. The largest absolute Gasteiger partial charge is 0.336 e. The molecule has 1 aliphatic heterocycles. The molecule has 0 radical (unpaired) electrons. The van der Waals surface area contributed by atoms with E-state index in [2.05, 4.69) is 27.8 Å². The lowest BCUT2D eigenvalue weighted by atomic mass is 10.1. The van der Waals surface area contributed by atoms with Gasteiger partial charge in [-0.15, -0.1) is 5.10 Å². The fraction of sp³-hybridized carbons (Fsp3) is 0.778. The van der Waals surface area contributed by atoms with Crippen LogP contribution in [0, 0.1) is 0 Å². The predicted octanol–water partition coefficient (Wildman–Crippen LogP) is -1.12. The van der Waals surface area contributed by atoms with Crippen molar-refractivity contribution >= 4 is 5.91 Å². The van der Waals surface area contributed by atoms with Crippen LogP contribution in [0.2, 0.25) is 0 Å². The molecule has 1 aromatic heterocycles. The van der Waals surface area contributed by atoms with E-state index in [4.69, 9.17) is 0 Å². The predicted molar refractivity (Wildman–Crippen MR) is 56.5 cm³/mol. The molecule has 2 heterocycles. The van der Waals surface area contributed by atoms with Crippen molar-refractivity contribution in [2.75, 3.05) is 13.1 Å². The van der Waals surface area contributed by atoms with Crippen LogP contribution in [-0.2, 0) is 11.3 Å². The number of nitrogens with one attached hydrogen (secondary N) is 1. The van der Waals surface area contributed by atoms with Gasteiger partial charge in [0.1, 0.15) is 12.9 Å². The number of amides is 1. The van der Waals surface area contributed by atoms with Crippen LogP contribution < -0.4 is 5.32 Å². The standard InChI is InChI=1S/C9H16N6O/c1-7-8(2)15(4-3-10-7)9(16)5-14-6-11-12-13-14/h6-8,10H,3-5H2,1-2H3. The molecule has 88 valence electrons. The molecule has 0 bridgehead atoms. The van der Waals surface area contributed by atoms with Gasteiger partial charge >= 0.3 is 0 Å². The number of rotatable bonds is 2. The van der Waals surface area contributed by atoms with Crippen LogP contribution in [0.4, 0.5) is 0 Å². The van der Waals surface area contributed by atoms with E-state index in [1.54, 1.807) is 0 Å². The second-order valence-electron chi connectivity index (χ2n) is 4.08. The lowest BCUT2D eigenvalue weighted by molar-refractivity contribution is -0.135. The van der Waals surface area contributed by atoms with E-state index in [1.807, 2.05) is 11.8 Å². The molecule has 0 spiro atoms. The average Bonchev–Trinajstić information content (AvgIpc) is 2.74. The van der Waals surface area contributed by atoms with E-state index in [9.17, 15) is 4.79 Å². The van der Waals surface area contributed by atoms with E-state index in [1.165, 1.54) is 11.0 Å². The van der Waals surface area contributed by atoms with Crippen molar-refractivity contribution in [2.45, 2.75) is 32.5 Å². The summed E-state index contributed by atoms with van der Waals surface area (Å²) in [7, 11) is 0. The van der Waals surface area contributed by atoms with Gasteiger partial charge in [0.05, 0.1) is 0 Å². The van der Waals surface area contributed by atoms with E-state index >= 15 is 0 Å². The zero-order valence-corrected chi connectivity index (χ0v) is 9.50. The summed E-state index contributed by atoms with van der Waals surface area (Å²) < 4.78 is 1.45. The first kappa shape index (κ1) is 11.0. The first-order valence-electron chi connectivity index (χ1n) is 5.42. The molecule has 1 aromatic rings. The Morgan fingerprint density at radius 3 is 3.06 bits per heavy atom. The molecule has 0 aromatic carbocycles. The van der Waals surface area contributed by atoms with Gasteiger partial charge in [-0.2, -0.15) is 0 Å². The fourth-order valence-corrected chi connectivity index (χ4v) is 1.89. The minimum Gasteiger partial charge on any atom is -0.336 e. The maximum atomic E-state index is 12.0. The van der Waals surface area contributed by atoms with Gasteiger partial charge in [0.15, 0.2) is 0 Å². The highest BCUT2D eigenvalue weighted by Crippen LogP contribution is 2.09. The molecule has 1 aliphatic rings. The third kappa shape index (κ3) is 2.19. The van der Waals surface area contributed by atoms with Gasteiger partial charge in [-0.25, -0.2) is 4.68 Å². The van der Waals surface area contributed by atoms with Crippen LogP contribution in [0.25, 0.3) is 0 Å². The molecule has 1 saturated heterocycles. The number of carbonyl (C=O) groups excluding carboxylic acids is 1. The van der Waals surface area contributed by atoms with Crippen LogP contribution in [-0.4, -0.2) is 56.2 Å². The van der Waals surface area contributed by atoms with Crippen LogP contribution in [0.5, 0.6) is 0 Å². The third-order valence-corrected chi connectivity index (χ3v) is 3.04. The molecular formula is C9H16N6O. The molecule has 2 unspecified atom stereocenters. The Bertz CT molecular complexity index is 351. The lowest BCUT2D eigenvalue weighted by Gasteiger charge is -2.38. The number of hydrogen-bond acceptors (Lipinski definition) is 5. The Labute approximate surface area is 93.8 Å². The second kappa shape index (κ2) is 4.56. The first-order valence-corrected chi connectivity index (χ1v) is 5.42. The highest BCUT2D eigenvalue weighted by molar-refractivity contribution is 5.76. The van der Waals surface area contributed by atoms with Crippen LogP contribution >= 0.6 is 0 Å². The summed E-state index contributed by atoms with van der Waals surface area (Å²) in [5, 5.41) is 14.0. The Morgan fingerprint density at radius 1 is 1.56 bits per heavy atom. The summed E-state index contributed by atoms with van der Waals surface area (Å²) in [6.07, 6.45) is 1.45. The van der Waals surface area contributed by atoms with Crippen molar-refractivity contribution in [3.63, 3.8) is 0 Å². The van der Waals surface area contributed by atoms with Crippen molar-refractivity contribution < 1.29 is 4.79 Å². The zero-order chi connectivity index (χ0) is 11.5. The number of tetrazole rings is 1. The Balaban J connectivity index is 1.98. The van der Waals surface area contributed by atoms with E-state index < -0.39 is 0 Å². The molecule has 0 aliphatic carbocycles. The summed E-state index contributed by atoms with van der Waals surface area (Å²) in [4.78, 5) is 13.9. The Morgan fingerprint density at radius 2 is 2.38 bits per heavy atom. The van der Waals surface area contributed by atoms with E-state index in [-0.39, 0.29) is 18.5 Å². The van der Waals surface area contributed by atoms with Crippen LogP contribution in [0.15, 0.2) is 6.33 Å². The topological polar surface area (TPSA) is 75.9 Å². The maximum absolute atomic E-state index is 12.0. The molecule has 2 rings (SSSR count). The van der Waals surface area contributed by atoms with Gasteiger partial charge in [-0.3, -0.25) is 4.79 Å². The molecule has 0 saturated carbocycles. The van der Waals surface area contributed by atoms with Crippen molar-refractivity contribution in [3.8, 4) is 0 Å². The summed E-state index contributed by atoms with van der Waals surface area (Å²) in [6, 6.07) is 0.532. The van der Waals surface area contributed by atoms with Gasteiger partial charge in [-0.1, -0.05) is 0 Å². The van der Waals surface area contributed by atoms with Crippen LogP contribution in [0.1, 0.15) is 13.8 Å². The van der Waals surface area contributed by atoms with Crippen molar-refractivity contribution in [3.05, 3.63) is 6.33 Å². The van der Waals surface area contributed by atoms with Gasteiger partial charge in [-0.05, 0) is 24.3 Å². The molecule has 2 atom stereocenters. The number of nitrogens with zero attached hydrogens (tertiary/aromatic N) is 5. The second-order valence-corrected chi connectivity index (χ2v) is 4.08. The molecule has 1 amide bonds. The van der Waals surface area contributed by atoms with Gasteiger partial charge < -0.3 is 10.2 Å². The minimum atomic E-state index is 0.0631. The summed E-state index contributed by atoms with van der Waals surface area (Å²) in [6.45, 7) is 5.93. The first-order chi connectivity index (χ1) is 7.68. The quantitative estimate of drug-likeness (QED) is 0.689. The van der Waals surface area contributed by atoms with Crippen LogP contribution in [0.3, 0.4) is 0 Å². The number of carbonyl (C=O) groups is 1. The monoisotopic (exact) mass is 224 g/mol. The average molecular weight is 224 g/mol. The highest BCUT2D eigenvalue weighted by atomic mass is 16.2. The minimum absolute atomic E-state index is 0.0631. The molecule has 1 fully saturated rings. The number of piperazine rings is 1. The Hall–Kier alpha value is -1.50.